The van der Waals surface area contributed by atoms with Crippen LogP contribution in [0.15, 0.2) is 24.3 Å². The van der Waals surface area contributed by atoms with Gasteiger partial charge in [-0.2, -0.15) is 0 Å². The Labute approximate surface area is 152 Å². The second-order valence-electron chi connectivity index (χ2n) is 7.32. The zero-order chi connectivity index (χ0) is 18.9. The number of aryl methyl sites for hydroxylation is 1. The Hall–Kier alpha value is -2.41. The summed E-state index contributed by atoms with van der Waals surface area (Å²) in [4.78, 5) is 39.3. The molecule has 1 aromatic rings. The van der Waals surface area contributed by atoms with Gasteiger partial charge in [-0.3, -0.25) is 9.59 Å². The molecule has 1 aromatic carbocycles. The molecule has 2 fully saturated rings. The molecule has 7 nitrogen and oxygen atoms in total. The third-order valence-electron chi connectivity index (χ3n) is 5.36. The standard InChI is InChI=1S/C19H24N2O5/c1-13-2-4-14(5-3-13)11-21-12-15(10-16(21)22)17(23)20-8-6-19(26,7-9-20)18(24)25/h2-5,15,26H,6-12H2,1H3,(H,24,25). The van der Waals surface area contributed by atoms with E-state index in [9.17, 15) is 19.5 Å². The van der Waals surface area contributed by atoms with Gasteiger partial charge in [0.2, 0.25) is 11.8 Å². The monoisotopic (exact) mass is 360 g/mol. The molecule has 0 aromatic heterocycles. The Morgan fingerprint density at radius 1 is 1.19 bits per heavy atom. The molecule has 0 spiro atoms. The first kappa shape index (κ1) is 18.4. The van der Waals surface area contributed by atoms with Crippen LogP contribution in [0.3, 0.4) is 0 Å². The Kier molecular flexibility index (Phi) is 5.00. The quantitative estimate of drug-likeness (QED) is 0.827. The summed E-state index contributed by atoms with van der Waals surface area (Å²) < 4.78 is 0. The first-order valence-electron chi connectivity index (χ1n) is 8.86. The van der Waals surface area contributed by atoms with E-state index < -0.39 is 17.5 Å². The molecule has 3 rings (SSSR count). The highest BCUT2D eigenvalue weighted by atomic mass is 16.4. The fraction of sp³-hybridized carbons (Fsp3) is 0.526. The molecule has 2 N–H and O–H groups in total. The van der Waals surface area contributed by atoms with Crippen LogP contribution in [0, 0.1) is 12.8 Å². The molecule has 2 saturated heterocycles. The molecule has 0 aliphatic carbocycles. The molecule has 7 heteroatoms. The molecule has 1 unspecified atom stereocenters. The fourth-order valence-corrected chi connectivity index (χ4v) is 3.57. The van der Waals surface area contributed by atoms with E-state index in [4.69, 9.17) is 5.11 Å². The number of aliphatic carboxylic acids is 1. The summed E-state index contributed by atoms with van der Waals surface area (Å²) in [6, 6.07) is 7.95. The zero-order valence-corrected chi connectivity index (χ0v) is 14.9. The Morgan fingerprint density at radius 3 is 2.38 bits per heavy atom. The molecule has 140 valence electrons. The first-order valence-corrected chi connectivity index (χ1v) is 8.86. The van der Waals surface area contributed by atoms with Crippen LogP contribution in [0.25, 0.3) is 0 Å². The van der Waals surface area contributed by atoms with E-state index in [1.54, 1.807) is 9.80 Å². The van der Waals surface area contributed by atoms with Crippen LogP contribution in [0.4, 0.5) is 0 Å². The number of carboxylic acid groups (broad SMARTS) is 1. The zero-order valence-electron chi connectivity index (χ0n) is 14.9. The fourth-order valence-electron chi connectivity index (χ4n) is 3.57. The molecule has 1 atom stereocenters. The average molecular weight is 360 g/mol. The van der Waals surface area contributed by atoms with Crippen molar-refractivity contribution >= 4 is 17.8 Å². The van der Waals surface area contributed by atoms with Crippen molar-refractivity contribution in [1.29, 1.82) is 0 Å². The van der Waals surface area contributed by atoms with Crippen molar-refractivity contribution < 1.29 is 24.6 Å². The molecular formula is C19H24N2O5. The number of piperidine rings is 1. The minimum atomic E-state index is -1.75. The maximum absolute atomic E-state index is 12.7. The first-order chi connectivity index (χ1) is 12.3. The molecule has 2 aliphatic heterocycles. The number of carbonyl (C=O) groups is 3. The summed E-state index contributed by atoms with van der Waals surface area (Å²) >= 11 is 0. The Bertz CT molecular complexity index is 707. The normalized spacial score (nSPS) is 22.5. The van der Waals surface area contributed by atoms with E-state index in [2.05, 4.69) is 0 Å². The summed E-state index contributed by atoms with van der Waals surface area (Å²) in [6.07, 6.45) is 0.216. The molecule has 2 aliphatic rings. The minimum absolute atomic E-state index is 0.0157. The number of aliphatic hydroxyl groups is 1. The van der Waals surface area contributed by atoms with Crippen molar-refractivity contribution in [3.63, 3.8) is 0 Å². The number of hydrogen-bond donors (Lipinski definition) is 2. The van der Waals surface area contributed by atoms with Gasteiger partial charge in [0.15, 0.2) is 5.60 Å². The van der Waals surface area contributed by atoms with E-state index in [-0.39, 0.29) is 44.2 Å². The lowest BCUT2D eigenvalue weighted by Crippen LogP contribution is -2.52. The topological polar surface area (TPSA) is 98.2 Å². The van der Waals surface area contributed by atoms with Gasteiger partial charge in [0, 0.05) is 45.4 Å². The summed E-state index contributed by atoms with van der Waals surface area (Å²) in [5, 5.41) is 19.0. The van der Waals surface area contributed by atoms with Gasteiger partial charge in [-0.1, -0.05) is 29.8 Å². The smallest absolute Gasteiger partial charge is 0.335 e. The molecule has 2 heterocycles. The summed E-state index contributed by atoms with van der Waals surface area (Å²) in [6.45, 7) is 3.27. The third kappa shape index (κ3) is 3.72. The van der Waals surface area contributed by atoms with Gasteiger partial charge >= 0.3 is 5.97 Å². The summed E-state index contributed by atoms with van der Waals surface area (Å²) in [5.41, 5.74) is 0.433. The van der Waals surface area contributed by atoms with E-state index in [1.165, 1.54) is 0 Å². The highest BCUT2D eigenvalue weighted by Crippen LogP contribution is 2.27. The number of nitrogens with zero attached hydrogens (tertiary/aromatic N) is 2. The van der Waals surface area contributed by atoms with Crippen molar-refractivity contribution in [1.82, 2.24) is 9.80 Å². The van der Waals surface area contributed by atoms with Gasteiger partial charge in [-0.05, 0) is 12.5 Å². The van der Waals surface area contributed by atoms with Crippen LogP contribution >= 0.6 is 0 Å². The molecule has 0 saturated carbocycles. The van der Waals surface area contributed by atoms with Gasteiger partial charge in [-0.15, -0.1) is 0 Å². The van der Waals surface area contributed by atoms with Crippen molar-refractivity contribution in [2.75, 3.05) is 19.6 Å². The van der Waals surface area contributed by atoms with Crippen molar-refractivity contribution in [3.05, 3.63) is 35.4 Å². The number of benzene rings is 1. The van der Waals surface area contributed by atoms with E-state index in [1.807, 2.05) is 31.2 Å². The lowest BCUT2D eigenvalue weighted by Gasteiger charge is -2.36. The lowest BCUT2D eigenvalue weighted by molar-refractivity contribution is -0.165. The number of likely N-dealkylation sites (tertiary alicyclic amines) is 2. The number of carbonyl (C=O) groups excluding carboxylic acids is 2. The lowest BCUT2D eigenvalue weighted by atomic mass is 9.91. The number of carboxylic acids is 1. The molecular weight excluding hydrogens is 336 g/mol. The third-order valence-corrected chi connectivity index (χ3v) is 5.36. The average Bonchev–Trinajstić information content (AvgIpc) is 2.97. The van der Waals surface area contributed by atoms with Gasteiger partial charge < -0.3 is 20.0 Å². The van der Waals surface area contributed by atoms with Gasteiger partial charge in [-0.25, -0.2) is 4.79 Å². The van der Waals surface area contributed by atoms with Crippen molar-refractivity contribution in [3.8, 4) is 0 Å². The second kappa shape index (κ2) is 7.07. The maximum Gasteiger partial charge on any atom is 0.335 e. The second-order valence-corrected chi connectivity index (χ2v) is 7.32. The van der Waals surface area contributed by atoms with Gasteiger partial charge in [0.1, 0.15) is 0 Å². The Balaban J connectivity index is 1.57. The molecule has 2 amide bonds. The Morgan fingerprint density at radius 2 is 1.81 bits per heavy atom. The van der Waals surface area contributed by atoms with E-state index in [0.29, 0.717) is 13.1 Å². The number of hydrogen-bond acceptors (Lipinski definition) is 4. The highest BCUT2D eigenvalue weighted by molar-refractivity contribution is 5.89. The van der Waals surface area contributed by atoms with E-state index in [0.717, 1.165) is 11.1 Å². The highest BCUT2D eigenvalue weighted by Gasteiger charge is 2.43. The minimum Gasteiger partial charge on any atom is -0.479 e. The van der Waals surface area contributed by atoms with Crippen LogP contribution in [-0.4, -0.2) is 63.0 Å². The molecule has 26 heavy (non-hydrogen) atoms. The van der Waals surface area contributed by atoms with Crippen LogP contribution in [0.1, 0.15) is 30.4 Å². The van der Waals surface area contributed by atoms with Crippen LogP contribution in [-0.2, 0) is 20.9 Å². The van der Waals surface area contributed by atoms with Crippen molar-refractivity contribution in [2.45, 2.75) is 38.3 Å². The van der Waals surface area contributed by atoms with Crippen LogP contribution in [0.2, 0.25) is 0 Å². The van der Waals surface area contributed by atoms with Crippen molar-refractivity contribution in [2.24, 2.45) is 5.92 Å². The number of amides is 2. The summed E-state index contributed by atoms with van der Waals surface area (Å²) in [5.74, 6) is -1.81. The number of rotatable bonds is 4. The molecule has 0 bridgehead atoms. The van der Waals surface area contributed by atoms with E-state index >= 15 is 0 Å². The van der Waals surface area contributed by atoms with Crippen LogP contribution in [0.5, 0.6) is 0 Å². The van der Waals surface area contributed by atoms with Crippen LogP contribution < -0.4 is 0 Å². The van der Waals surface area contributed by atoms with Gasteiger partial charge in [0.25, 0.3) is 0 Å². The predicted octanol–water partition coefficient (Wildman–Crippen LogP) is 0.782. The van der Waals surface area contributed by atoms with Gasteiger partial charge in [0.05, 0.1) is 5.92 Å². The molecule has 0 radical (unpaired) electrons. The largest absolute Gasteiger partial charge is 0.479 e. The SMILES string of the molecule is Cc1ccc(CN2CC(C(=O)N3CCC(O)(C(=O)O)CC3)CC2=O)cc1. The maximum atomic E-state index is 12.7. The predicted molar refractivity (Wildman–Crippen MR) is 93.1 cm³/mol. The summed E-state index contributed by atoms with van der Waals surface area (Å²) in [7, 11) is 0.